The first kappa shape index (κ1) is 13.0. The van der Waals surface area contributed by atoms with Crippen LogP contribution in [0.1, 0.15) is 31.9 Å². The standard InChI is InChI=1S/C13H21NO2/c1-4-13(14)11-5-7-12(8-6-11)16-9-10(2)15-3/h5-8,10,13H,4,9,14H2,1-3H3/t10?,13-/m0/s1. The Kier molecular flexibility index (Phi) is 5.29. The van der Waals surface area contributed by atoms with E-state index in [4.69, 9.17) is 15.2 Å². The first-order chi connectivity index (χ1) is 7.67. The largest absolute Gasteiger partial charge is 0.491 e. The topological polar surface area (TPSA) is 44.5 Å². The van der Waals surface area contributed by atoms with Crippen LogP contribution in [0.2, 0.25) is 0 Å². The van der Waals surface area contributed by atoms with Crippen molar-refractivity contribution in [3.05, 3.63) is 29.8 Å². The van der Waals surface area contributed by atoms with Gasteiger partial charge in [-0.25, -0.2) is 0 Å². The normalized spacial score (nSPS) is 14.5. The van der Waals surface area contributed by atoms with Crippen LogP contribution in [0.3, 0.4) is 0 Å². The van der Waals surface area contributed by atoms with Gasteiger partial charge in [0.2, 0.25) is 0 Å². The summed E-state index contributed by atoms with van der Waals surface area (Å²) < 4.78 is 10.7. The first-order valence-electron chi connectivity index (χ1n) is 5.68. The molecular formula is C13H21NO2. The zero-order chi connectivity index (χ0) is 12.0. The summed E-state index contributed by atoms with van der Waals surface area (Å²) in [6, 6.07) is 8.05. The summed E-state index contributed by atoms with van der Waals surface area (Å²) in [5, 5.41) is 0. The third-order valence-electron chi connectivity index (χ3n) is 2.64. The van der Waals surface area contributed by atoms with E-state index in [9.17, 15) is 0 Å². The number of methoxy groups -OCH3 is 1. The Bertz CT molecular complexity index is 297. The fourth-order valence-corrected chi connectivity index (χ4v) is 1.33. The maximum absolute atomic E-state index is 5.93. The van der Waals surface area contributed by atoms with E-state index in [-0.39, 0.29) is 12.1 Å². The molecule has 0 radical (unpaired) electrons. The van der Waals surface area contributed by atoms with Crippen LogP contribution in [-0.2, 0) is 4.74 Å². The molecule has 1 aromatic rings. The summed E-state index contributed by atoms with van der Waals surface area (Å²) in [5.41, 5.74) is 7.08. The number of ether oxygens (including phenoxy) is 2. The fraction of sp³-hybridized carbons (Fsp3) is 0.538. The molecule has 3 nitrogen and oxygen atoms in total. The Labute approximate surface area is 97.6 Å². The van der Waals surface area contributed by atoms with Crippen LogP contribution in [0.4, 0.5) is 0 Å². The average Bonchev–Trinajstić information content (AvgIpc) is 2.35. The highest BCUT2D eigenvalue weighted by Crippen LogP contribution is 2.18. The van der Waals surface area contributed by atoms with Crippen molar-refractivity contribution < 1.29 is 9.47 Å². The van der Waals surface area contributed by atoms with Crippen LogP contribution >= 0.6 is 0 Å². The van der Waals surface area contributed by atoms with Gasteiger partial charge in [0.1, 0.15) is 12.4 Å². The molecule has 0 aromatic heterocycles. The Morgan fingerprint density at radius 2 is 1.88 bits per heavy atom. The van der Waals surface area contributed by atoms with Crippen LogP contribution in [0.25, 0.3) is 0 Å². The molecule has 0 amide bonds. The van der Waals surface area contributed by atoms with Crippen LogP contribution < -0.4 is 10.5 Å². The summed E-state index contributed by atoms with van der Waals surface area (Å²) in [6.45, 7) is 4.62. The molecule has 0 bridgehead atoms. The Hall–Kier alpha value is -1.06. The first-order valence-corrected chi connectivity index (χ1v) is 5.68. The lowest BCUT2D eigenvalue weighted by Gasteiger charge is -2.13. The molecule has 1 rings (SSSR count). The van der Waals surface area contributed by atoms with E-state index in [0.717, 1.165) is 17.7 Å². The summed E-state index contributed by atoms with van der Waals surface area (Å²) in [6.07, 6.45) is 1.05. The number of benzene rings is 1. The van der Waals surface area contributed by atoms with E-state index in [1.165, 1.54) is 0 Å². The number of hydrogen-bond acceptors (Lipinski definition) is 3. The highest BCUT2D eigenvalue weighted by atomic mass is 16.5. The van der Waals surface area contributed by atoms with Crippen molar-refractivity contribution in [1.29, 1.82) is 0 Å². The molecule has 0 aliphatic rings. The highest BCUT2D eigenvalue weighted by Gasteiger charge is 2.04. The molecular weight excluding hydrogens is 202 g/mol. The van der Waals surface area contributed by atoms with Crippen LogP contribution in [0.15, 0.2) is 24.3 Å². The molecule has 0 aliphatic carbocycles. The predicted molar refractivity (Wildman–Crippen MR) is 65.6 cm³/mol. The maximum atomic E-state index is 5.93. The van der Waals surface area contributed by atoms with Gasteiger partial charge in [-0.1, -0.05) is 19.1 Å². The molecule has 0 spiro atoms. The van der Waals surface area contributed by atoms with Gasteiger partial charge in [-0.15, -0.1) is 0 Å². The van der Waals surface area contributed by atoms with E-state index in [1.807, 2.05) is 31.2 Å². The van der Waals surface area contributed by atoms with Gasteiger partial charge >= 0.3 is 0 Å². The number of nitrogens with two attached hydrogens (primary N) is 1. The molecule has 16 heavy (non-hydrogen) atoms. The quantitative estimate of drug-likeness (QED) is 0.806. The zero-order valence-corrected chi connectivity index (χ0v) is 10.3. The van der Waals surface area contributed by atoms with Crippen LogP contribution in [0.5, 0.6) is 5.75 Å². The van der Waals surface area contributed by atoms with Crippen LogP contribution in [0, 0.1) is 0 Å². The molecule has 0 saturated carbocycles. The Balaban J connectivity index is 2.51. The summed E-state index contributed by atoms with van der Waals surface area (Å²) in [7, 11) is 1.68. The van der Waals surface area contributed by atoms with E-state index < -0.39 is 0 Å². The van der Waals surface area contributed by atoms with Gasteiger partial charge in [0.15, 0.2) is 0 Å². The molecule has 1 unspecified atom stereocenters. The van der Waals surface area contributed by atoms with Gasteiger partial charge in [-0.3, -0.25) is 0 Å². The predicted octanol–water partition coefficient (Wildman–Crippen LogP) is 2.51. The molecule has 2 N–H and O–H groups in total. The van der Waals surface area contributed by atoms with Gasteiger partial charge in [-0.2, -0.15) is 0 Å². The molecule has 0 aliphatic heterocycles. The maximum Gasteiger partial charge on any atom is 0.119 e. The molecule has 0 fully saturated rings. The Morgan fingerprint density at radius 1 is 1.25 bits per heavy atom. The lowest BCUT2D eigenvalue weighted by molar-refractivity contribution is 0.0716. The molecule has 90 valence electrons. The van der Waals surface area contributed by atoms with Gasteiger partial charge < -0.3 is 15.2 Å². The highest BCUT2D eigenvalue weighted by molar-refractivity contribution is 5.28. The second-order valence-corrected chi connectivity index (χ2v) is 3.94. The lowest BCUT2D eigenvalue weighted by atomic mass is 10.1. The summed E-state index contributed by atoms with van der Waals surface area (Å²) in [5.74, 6) is 0.857. The summed E-state index contributed by atoms with van der Waals surface area (Å²) >= 11 is 0. The van der Waals surface area contributed by atoms with E-state index in [0.29, 0.717) is 6.61 Å². The smallest absolute Gasteiger partial charge is 0.119 e. The monoisotopic (exact) mass is 223 g/mol. The minimum atomic E-state index is 0.109. The van der Waals surface area contributed by atoms with Crippen molar-refractivity contribution in [3.8, 4) is 5.75 Å². The van der Waals surface area contributed by atoms with Crippen molar-refractivity contribution in [2.24, 2.45) is 5.73 Å². The van der Waals surface area contributed by atoms with Crippen molar-refractivity contribution in [2.45, 2.75) is 32.4 Å². The molecule has 0 saturated heterocycles. The third kappa shape index (κ3) is 3.83. The number of hydrogen-bond donors (Lipinski definition) is 1. The van der Waals surface area contributed by atoms with Crippen molar-refractivity contribution >= 4 is 0 Å². The average molecular weight is 223 g/mol. The Morgan fingerprint density at radius 3 is 2.38 bits per heavy atom. The minimum absolute atomic E-state index is 0.109. The SMILES string of the molecule is CC[C@H](N)c1ccc(OCC(C)OC)cc1. The van der Waals surface area contributed by atoms with Crippen LogP contribution in [-0.4, -0.2) is 19.8 Å². The van der Waals surface area contributed by atoms with Crippen molar-refractivity contribution in [2.75, 3.05) is 13.7 Å². The van der Waals surface area contributed by atoms with Gasteiger partial charge in [0.05, 0.1) is 6.10 Å². The molecule has 0 heterocycles. The number of rotatable bonds is 6. The second-order valence-electron chi connectivity index (χ2n) is 3.94. The minimum Gasteiger partial charge on any atom is -0.491 e. The van der Waals surface area contributed by atoms with E-state index in [1.54, 1.807) is 7.11 Å². The molecule has 3 heteroatoms. The molecule has 1 aromatic carbocycles. The zero-order valence-electron chi connectivity index (χ0n) is 10.3. The van der Waals surface area contributed by atoms with E-state index >= 15 is 0 Å². The molecule has 2 atom stereocenters. The van der Waals surface area contributed by atoms with Crippen molar-refractivity contribution in [1.82, 2.24) is 0 Å². The van der Waals surface area contributed by atoms with Gasteiger partial charge in [-0.05, 0) is 31.0 Å². The lowest BCUT2D eigenvalue weighted by Crippen LogP contribution is -2.16. The third-order valence-corrected chi connectivity index (χ3v) is 2.64. The van der Waals surface area contributed by atoms with E-state index in [2.05, 4.69) is 6.92 Å². The second kappa shape index (κ2) is 6.51. The summed E-state index contributed by atoms with van der Waals surface area (Å²) in [4.78, 5) is 0. The van der Waals surface area contributed by atoms with Crippen molar-refractivity contribution in [3.63, 3.8) is 0 Å². The van der Waals surface area contributed by atoms with Gasteiger partial charge in [0, 0.05) is 13.2 Å². The fourth-order valence-electron chi connectivity index (χ4n) is 1.33. The van der Waals surface area contributed by atoms with Gasteiger partial charge in [0.25, 0.3) is 0 Å².